The smallest absolute Gasteiger partial charge is 0.185 e. The third kappa shape index (κ3) is 2.39. The van der Waals surface area contributed by atoms with Crippen molar-refractivity contribution in [2.45, 2.75) is 32.7 Å². The maximum absolute atomic E-state index is 5.91. The van der Waals surface area contributed by atoms with E-state index >= 15 is 0 Å². The van der Waals surface area contributed by atoms with Crippen LogP contribution in [0.2, 0.25) is 0 Å². The number of nitrogens with zero attached hydrogens (tertiary/aromatic N) is 2. The summed E-state index contributed by atoms with van der Waals surface area (Å²) in [5, 5.41) is 3.16. The lowest BCUT2D eigenvalue weighted by Gasteiger charge is -2.33. The molecule has 1 heterocycles. The van der Waals surface area contributed by atoms with Gasteiger partial charge in [-0.2, -0.15) is 0 Å². The van der Waals surface area contributed by atoms with E-state index in [2.05, 4.69) is 36.0 Å². The van der Waals surface area contributed by atoms with E-state index in [-0.39, 0.29) is 5.54 Å². The first-order valence-corrected chi connectivity index (χ1v) is 6.17. The topological polar surface area (TPSA) is 16.1 Å². The van der Waals surface area contributed by atoms with Crippen LogP contribution in [0.1, 0.15) is 26.5 Å². The predicted molar refractivity (Wildman–Crippen MR) is 64.7 cm³/mol. The lowest BCUT2D eigenvalue weighted by molar-refractivity contribution is 0.544. The van der Waals surface area contributed by atoms with Crippen LogP contribution in [-0.4, -0.2) is 23.5 Å². The molecule has 1 rings (SSSR count). The summed E-state index contributed by atoms with van der Waals surface area (Å²) < 4.78 is 0. The number of hydrogen-bond acceptors (Lipinski definition) is 3. The molecule has 0 amide bonds. The van der Waals surface area contributed by atoms with Gasteiger partial charge in [-0.1, -0.05) is 6.92 Å². The zero-order valence-corrected chi connectivity index (χ0v) is 10.7. The van der Waals surface area contributed by atoms with Crippen molar-refractivity contribution in [3.8, 4) is 0 Å². The highest BCUT2D eigenvalue weighted by molar-refractivity contribution is 7.13. The van der Waals surface area contributed by atoms with Crippen LogP contribution in [0.4, 0.5) is 5.13 Å². The fraction of sp³-hybridized carbons (Fsp3) is 0.700. The van der Waals surface area contributed by atoms with Gasteiger partial charge < -0.3 is 4.90 Å². The second-order valence-electron chi connectivity index (χ2n) is 3.98. The minimum atomic E-state index is -0.0373. The molecule has 0 aliphatic rings. The molecule has 0 aliphatic carbocycles. The van der Waals surface area contributed by atoms with Crippen molar-refractivity contribution in [3.05, 3.63) is 11.1 Å². The van der Waals surface area contributed by atoms with E-state index in [1.807, 2.05) is 7.05 Å². The van der Waals surface area contributed by atoms with Gasteiger partial charge in [0.25, 0.3) is 0 Å². The zero-order valence-electron chi connectivity index (χ0n) is 9.17. The van der Waals surface area contributed by atoms with Gasteiger partial charge in [0.05, 0.1) is 5.69 Å². The molecule has 0 radical (unpaired) electrons. The van der Waals surface area contributed by atoms with Crippen molar-refractivity contribution in [2.24, 2.45) is 0 Å². The van der Waals surface area contributed by atoms with Gasteiger partial charge in [-0.25, -0.2) is 4.98 Å². The number of alkyl halides is 1. The molecule has 0 unspecified atom stereocenters. The Kier molecular flexibility index (Phi) is 3.78. The number of aryl methyl sites for hydroxylation is 1. The monoisotopic (exact) mass is 232 g/mol. The molecule has 0 saturated heterocycles. The van der Waals surface area contributed by atoms with E-state index in [1.54, 1.807) is 11.3 Å². The van der Waals surface area contributed by atoms with E-state index in [0.29, 0.717) is 5.88 Å². The third-order valence-corrected chi connectivity index (χ3v) is 4.04. The van der Waals surface area contributed by atoms with Gasteiger partial charge in [-0.05, 0) is 20.3 Å². The SMILES string of the molecule is CCc1csc(N(C)C(C)(C)CCl)n1. The number of rotatable bonds is 4. The summed E-state index contributed by atoms with van der Waals surface area (Å²) in [6, 6.07) is 0. The van der Waals surface area contributed by atoms with Crippen molar-refractivity contribution in [1.29, 1.82) is 0 Å². The largest absolute Gasteiger partial charge is 0.345 e. The van der Waals surface area contributed by atoms with Gasteiger partial charge in [-0.3, -0.25) is 0 Å². The van der Waals surface area contributed by atoms with Crippen molar-refractivity contribution in [2.75, 3.05) is 17.8 Å². The van der Waals surface area contributed by atoms with Crippen molar-refractivity contribution in [3.63, 3.8) is 0 Å². The van der Waals surface area contributed by atoms with E-state index in [1.165, 1.54) is 0 Å². The standard InChI is InChI=1S/C10H17ClN2S/c1-5-8-6-14-9(12-8)13(4)10(2,3)7-11/h6H,5,7H2,1-4H3. The molecule has 2 nitrogen and oxygen atoms in total. The molecule has 0 aromatic carbocycles. The molecule has 1 aromatic heterocycles. The second kappa shape index (κ2) is 4.49. The summed E-state index contributed by atoms with van der Waals surface area (Å²) in [5.41, 5.74) is 1.12. The highest BCUT2D eigenvalue weighted by atomic mass is 35.5. The van der Waals surface area contributed by atoms with Gasteiger partial charge in [0.15, 0.2) is 5.13 Å². The number of hydrogen-bond donors (Lipinski definition) is 0. The summed E-state index contributed by atoms with van der Waals surface area (Å²) in [5.74, 6) is 0.602. The predicted octanol–water partition coefficient (Wildman–Crippen LogP) is 3.16. The van der Waals surface area contributed by atoms with Crippen molar-refractivity contribution in [1.82, 2.24) is 4.98 Å². The van der Waals surface area contributed by atoms with E-state index in [0.717, 1.165) is 17.2 Å². The molecular formula is C10H17ClN2S. The van der Waals surface area contributed by atoms with Crippen molar-refractivity contribution >= 4 is 28.1 Å². The molecule has 0 saturated carbocycles. The molecule has 0 atom stereocenters. The van der Waals surface area contributed by atoms with Gasteiger partial charge in [0, 0.05) is 23.8 Å². The summed E-state index contributed by atoms with van der Waals surface area (Å²) in [6.45, 7) is 6.35. The first-order chi connectivity index (χ1) is 6.51. The molecule has 14 heavy (non-hydrogen) atoms. The Morgan fingerprint density at radius 1 is 1.57 bits per heavy atom. The number of aromatic nitrogens is 1. The van der Waals surface area contributed by atoms with E-state index in [4.69, 9.17) is 11.6 Å². The lowest BCUT2D eigenvalue weighted by Crippen LogP contribution is -2.42. The van der Waals surface area contributed by atoms with Gasteiger partial charge in [-0.15, -0.1) is 22.9 Å². The Morgan fingerprint density at radius 3 is 2.64 bits per heavy atom. The summed E-state index contributed by atoms with van der Waals surface area (Å²) in [4.78, 5) is 6.67. The molecule has 1 aromatic rings. The summed E-state index contributed by atoms with van der Waals surface area (Å²) >= 11 is 7.59. The third-order valence-electron chi connectivity index (χ3n) is 2.42. The molecule has 0 aliphatic heterocycles. The highest BCUT2D eigenvalue weighted by Crippen LogP contribution is 2.26. The Morgan fingerprint density at radius 2 is 2.21 bits per heavy atom. The summed E-state index contributed by atoms with van der Waals surface area (Å²) in [7, 11) is 2.04. The number of halogens is 1. The average molecular weight is 233 g/mol. The molecule has 4 heteroatoms. The van der Waals surface area contributed by atoms with Crippen LogP contribution in [0.3, 0.4) is 0 Å². The Bertz CT molecular complexity index is 296. The zero-order chi connectivity index (χ0) is 10.8. The van der Waals surface area contributed by atoms with Crippen molar-refractivity contribution < 1.29 is 0 Å². The normalized spacial score (nSPS) is 11.8. The van der Waals surface area contributed by atoms with Crippen LogP contribution < -0.4 is 4.90 Å². The maximum Gasteiger partial charge on any atom is 0.185 e. The molecule has 0 spiro atoms. The van der Waals surface area contributed by atoms with E-state index < -0.39 is 0 Å². The Labute approximate surface area is 94.9 Å². The van der Waals surface area contributed by atoms with Crippen LogP contribution in [0.5, 0.6) is 0 Å². The molecule has 80 valence electrons. The van der Waals surface area contributed by atoms with Crippen LogP contribution in [0.25, 0.3) is 0 Å². The average Bonchev–Trinajstić information content (AvgIpc) is 2.64. The molecule has 0 N–H and O–H groups in total. The fourth-order valence-electron chi connectivity index (χ4n) is 0.961. The molecule has 0 bridgehead atoms. The van der Waals surface area contributed by atoms with Gasteiger partial charge in [0.1, 0.15) is 0 Å². The highest BCUT2D eigenvalue weighted by Gasteiger charge is 2.24. The lowest BCUT2D eigenvalue weighted by atomic mass is 10.1. The minimum absolute atomic E-state index is 0.0373. The fourth-order valence-corrected chi connectivity index (χ4v) is 2.18. The Hall–Kier alpha value is -0.280. The summed E-state index contributed by atoms with van der Waals surface area (Å²) in [6.07, 6.45) is 0.992. The van der Waals surface area contributed by atoms with Crippen LogP contribution in [0.15, 0.2) is 5.38 Å². The Balaban J connectivity index is 2.83. The minimum Gasteiger partial charge on any atom is -0.345 e. The van der Waals surface area contributed by atoms with E-state index in [9.17, 15) is 0 Å². The van der Waals surface area contributed by atoms with Gasteiger partial charge in [0.2, 0.25) is 0 Å². The second-order valence-corrected chi connectivity index (χ2v) is 5.08. The van der Waals surface area contributed by atoms with Crippen LogP contribution >= 0.6 is 22.9 Å². The maximum atomic E-state index is 5.91. The number of thiazole rings is 1. The van der Waals surface area contributed by atoms with Crippen LogP contribution in [-0.2, 0) is 6.42 Å². The quantitative estimate of drug-likeness (QED) is 0.742. The first kappa shape index (κ1) is 11.8. The van der Waals surface area contributed by atoms with Gasteiger partial charge >= 0.3 is 0 Å². The molecular weight excluding hydrogens is 216 g/mol. The first-order valence-electron chi connectivity index (χ1n) is 4.75. The van der Waals surface area contributed by atoms with Crippen LogP contribution in [0, 0.1) is 0 Å². The number of anilines is 1. The molecule has 0 fully saturated rings.